The molecular weight excluding hydrogens is 358 g/mol. The number of carbonyl (C=O) groups is 2. The highest BCUT2D eigenvalue weighted by molar-refractivity contribution is 7.99. The van der Waals surface area contributed by atoms with Gasteiger partial charge in [-0.1, -0.05) is 36.4 Å². The van der Waals surface area contributed by atoms with Crippen molar-refractivity contribution in [3.8, 4) is 0 Å². The largest absolute Gasteiger partial charge is 0.350 e. The van der Waals surface area contributed by atoms with Crippen molar-refractivity contribution in [2.24, 2.45) is 7.05 Å². The molecule has 2 aromatic carbocycles. The van der Waals surface area contributed by atoms with E-state index in [0.717, 1.165) is 21.4 Å². The number of amides is 2. The van der Waals surface area contributed by atoms with E-state index in [4.69, 9.17) is 0 Å². The lowest BCUT2D eigenvalue weighted by molar-refractivity contribution is -0.136. The van der Waals surface area contributed by atoms with Crippen molar-refractivity contribution in [3.05, 3.63) is 66.4 Å². The summed E-state index contributed by atoms with van der Waals surface area (Å²) in [5.41, 5.74) is 2.18. The van der Waals surface area contributed by atoms with E-state index < -0.39 is 12.1 Å². The number of aryl methyl sites for hydroxylation is 1. The van der Waals surface area contributed by atoms with E-state index in [1.165, 1.54) is 0 Å². The van der Waals surface area contributed by atoms with Gasteiger partial charge in [-0.05, 0) is 23.8 Å². The average Bonchev–Trinajstić information content (AvgIpc) is 3.00. The van der Waals surface area contributed by atoms with Crippen LogP contribution in [0.1, 0.15) is 5.56 Å². The molecule has 2 heterocycles. The molecule has 1 aliphatic heterocycles. The van der Waals surface area contributed by atoms with Gasteiger partial charge in [0.25, 0.3) is 0 Å². The zero-order valence-corrected chi connectivity index (χ0v) is 15.8. The highest BCUT2D eigenvalue weighted by Crippen LogP contribution is 2.23. The lowest BCUT2D eigenvalue weighted by atomic mass is 10.0. The number of nitrogens with zero attached hydrogens (tertiary/aromatic N) is 1. The molecule has 5 nitrogen and oxygen atoms in total. The number of hydrogen-bond acceptors (Lipinski definition) is 3. The molecule has 27 heavy (non-hydrogen) atoms. The third-order valence-electron chi connectivity index (χ3n) is 4.83. The van der Waals surface area contributed by atoms with Crippen LogP contribution < -0.4 is 10.6 Å². The van der Waals surface area contributed by atoms with E-state index in [-0.39, 0.29) is 11.8 Å². The molecule has 1 aromatic heterocycles. The molecule has 2 N–H and O–H groups in total. The Morgan fingerprint density at radius 1 is 0.926 bits per heavy atom. The molecule has 2 atom stereocenters. The molecule has 1 aliphatic rings. The molecular formula is C21H21N3O2S. The number of nitrogens with one attached hydrogen (secondary N) is 2. The number of hydrogen-bond donors (Lipinski definition) is 2. The molecule has 6 heteroatoms. The molecule has 1 fully saturated rings. The van der Waals surface area contributed by atoms with Crippen LogP contribution >= 0.6 is 11.8 Å². The summed E-state index contributed by atoms with van der Waals surface area (Å²) in [6, 6.07) is 16.9. The van der Waals surface area contributed by atoms with Gasteiger partial charge in [0.1, 0.15) is 12.1 Å². The van der Waals surface area contributed by atoms with Crippen LogP contribution in [0.25, 0.3) is 10.9 Å². The van der Waals surface area contributed by atoms with Gasteiger partial charge in [-0.15, -0.1) is 11.8 Å². The lowest BCUT2D eigenvalue weighted by Crippen LogP contribution is -2.63. The van der Waals surface area contributed by atoms with Crippen molar-refractivity contribution in [2.75, 3.05) is 5.75 Å². The van der Waals surface area contributed by atoms with E-state index in [0.29, 0.717) is 12.2 Å². The molecule has 0 bridgehead atoms. The van der Waals surface area contributed by atoms with Gasteiger partial charge in [0, 0.05) is 41.2 Å². The van der Waals surface area contributed by atoms with Gasteiger partial charge in [0.05, 0.1) is 0 Å². The minimum atomic E-state index is -0.540. The fourth-order valence-corrected chi connectivity index (χ4v) is 4.38. The first-order valence-electron chi connectivity index (χ1n) is 8.93. The number of piperazine rings is 1. The Labute approximate surface area is 162 Å². The van der Waals surface area contributed by atoms with E-state index >= 15 is 0 Å². The van der Waals surface area contributed by atoms with Crippen molar-refractivity contribution in [3.63, 3.8) is 0 Å². The summed E-state index contributed by atoms with van der Waals surface area (Å²) < 4.78 is 2.05. The minimum absolute atomic E-state index is 0.122. The summed E-state index contributed by atoms with van der Waals surface area (Å²) in [5.74, 6) is 0.271. The Morgan fingerprint density at radius 2 is 1.59 bits per heavy atom. The minimum Gasteiger partial charge on any atom is -0.350 e. The second-order valence-electron chi connectivity index (χ2n) is 6.73. The Morgan fingerprint density at radius 3 is 2.41 bits per heavy atom. The van der Waals surface area contributed by atoms with Gasteiger partial charge < -0.3 is 15.2 Å². The predicted molar refractivity (Wildman–Crippen MR) is 108 cm³/mol. The third kappa shape index (κ3) is 3.71. The zero-order valence-electron chi connectivity index (χ0n) is 15.0. The van der Waals surface area contributed by atoms with E-state index in [1.54, 1.807) is 11.8 Å². The van der Waals surface area contributed by atoms with Crippen LogP contribution in [0, 0.1) is 0 Å². The molecule has 0 saturated carbocycles. The van der Waals surface area contributed by atoms with Gasteiger partial charge in [0.2, 0.25) is 11.8 Å². The van der Waals surface area contributed by atoms with E-state index in [2.05, 4.69) is 16.7 Å². The molecule has 0 radical (unpaired) electrons. The number of para-hydroxylation sites is 1. The van der Waals surface area contributed by atoms with Crippen molar-refractivity contribution in [1.82, 2.24) is 15.2 Å². The third-order valence-corrected chi connectivity index (χ3v) is 5.93. The normalized spacial score (nSPS) is 19.7. The number of fused-ring (bicyclic) bond motifs is 1. The molecule has 0 aliphatic carbocycles. The summed E-state index contributed by atoms with van der Waals surface area (Å²) in [7, 11) is 1.99. The first-order valence-corrected chi connectivity index (χ1v) is 9.92. The number of carbonyl (C=O) groups excluding carboxylic acids is 2. The average molecular weight is 379 g/mol. The predicted octanol–water partition coefficient (Wildman–Crippen LogP) is 2.50. The smallest absolute Gasteiger partial charge is 0.244 e. The van der Waals surface area contributed by atoms with Crippen LogP contribution in [0.5, 0.6) is 0 Å². The maximum atomic E-state index is 12.6. The second-order valence-corrected chi connectivity index (χ2v) is 7.83. The summed E-state index contributed by atoms with van der Waals surface area (Å²) in [6.45, 7) is 0. The number of benzene rings is 2. The highest BCUT2D eigenvalue weighted by atomic mass is 32.2. The maximum absolute atomic E-state index is 12.6. The molecule has 3 aromatic rings. The Kier molecular flexibility index (Phi) is 4.90. The molecule has 4 rings (SSSR count). The summed E-state index contributed by atoms with van der Waals surface area (Å²) in [6.07, 6.45) is 2.51. The van der Waals surface area contributed by atoms with Crippen LogP contribution in [0.4, 0.5) is 0 Å². The topological polar surface area (TPSA) is 63.1 Å². The van der Waals surface area contributed by atoms with Crippen molar-refractivity contribution < 1.29 is 9.59 Å². The second kappa shape index (κ2) is 7.48. The van der Waals surface area contributed by atoms with Gasteiger partial charge in [-0.3, -0.25) is 9.59 Å². The quantitative estimate of drug-likeness (QED) is 0.670. The maximum Gasteiger partial charge on any atom is 0.244 e. The standard InChI is InChI=1S/C21H21N3O2S/c1-24-12-14(16-9-5-6-10-19(16)24)11-17-20(25)23-18(21(26)22-17)13-27-15-7-3-2-4-8-15/h2-10,12,17-18H,11,13H2,1H3,(H,22,26)(H,23,25)/t17-,18-/m1/s1. The Bertz CT molecular complexity index is 984. The molecule has 0 unspecified atom stereocenters. The first-order chi connectivity index (χ1) is 13.1. The van der Waals surface area contributed by atoms with Gasteiger partial charge in [-0.2, -0.15) is 0 Å². The van der Waals surface area contributed by atoms with Gasteiger partial charge >= 0.3 is 0 Å². The SMILES string of the molecule is Cn1cc(C[C@H]2NC(=O)[C@@H](CSc3ccccc3)NC2=O)c2ccccc21. The van der Waals surface area contributed by atoms with Gasteiger partial charge in [-0.25, -0.2) is 0 Å². The molecule has 138 valence electrons. The van der Waals surface area contributed by atoms with Crippen molar-refractivity contribution in [2.45, 2.75) is 23.4 Å². The van der Waals surface area contributed by atoms with Crippen LogP contribution in [-0.2, 0) is 23.1 Å². The summed E-state index contributed by atoms with van der Waals surface area (Å²) in [5, 5.41) is 6.90. The molecule has 0 spiro atoms. The summed E-state index contributed by atoms with van der Waals surface area (Å²) in [4.78, 5) is 26.1. The molecule has 1 saturated heterocycles. The van der Waals surface area contributed by atoms with Crippen LogP contribution in [-0.4, -0.2) is 34.2 Å². The number of aromatic nitrogens is 1. The fraction of sp³-hybridized carbons (Fsp3) is 0.238. The highest BCUT2D eigenvalue weighted by Gasteiger charge is 2.34. The fourth-order valence-electron chi connectivity index (χ4n) is 3.44. The van der Waals surface area contributed by atoms with Crippen LogP contribution in [0.2, 0.25) is 0 Å². The summed E-state index contributed by atoms with van der Waals surface area (Å²) >= 11 is 1.56. The Hall–Kier alpha value is -2.73. The lowest BCUT2D eigenvalue weighted by Gasteiger charge is -2.29. The number of rotatable bonds is 5. The van der Waals surface area contributed by atoms with Gasteiger partial charge in [0.15, 0.2) is 0 Å². The monoisotopic (exact) mass is 379 g/mol. The van der Waals surface area contributed by atoms with Crippen LogP contribution in [0.15, 0.2) is 65.7 Å². The van der Waals surface area contributed by atoms with Crippen LogP contribution in [0.3, 0.4) is 0 Å². The van der Waals surface area contributed by atoms with Crippen molar-refractivity contribution >= 4 is 34.5 Å². The number of thioether (sulfide) groups is 1. The van der Waals surface area contributed by atoms with Crippen molar-refractivity contribution in [1.29, 1.82) is 0 Å². The molecule has 2 amide bonds. The van der Waals surface area contributed by atoms with E-state index in [1.807, 2.05) is 66.3 Å². The first kappa shape index (κ1) is 17.7. The Balaban J connectivity index is 1.43. The zero-order chi connectivity index (χ0) is 18.8. The van der Waals surface area contributed by atoms with E-state index in [9.17, 15) is 9.59 Å².